The molecule has 1 amide bonds. The highest BCUT2D eigenvalue weighted by molar-refractivity contribution is 7.18. The van der Waals surface area contributed by atoms with E-state index in [1.807, 2.05) is 4.90 Å². The van der Waals surface area contributed by atoms with Crippen molar-refractivity contribution in [1.29, 1.82) is 0 Å². The molecular formula is C24H28Cl2N6O7S. The average molecular weight is 615 g/mol. The summed E-state index contributed by atoms with van der Waals surface area (Å²) in [5.74, 6) is 0.243. The second-order valence-corrected chi connectivity index (χ2v) is 10.2. The van der Waals surface area contributed by atoms with Crippen molar-refractivity contribution in [2.24, 2.45) is 0 Å². The van der Waals surface area contributed by atoms with Crippen LogP contribution in [0.4, 0.5) is 9.93 Å². The fourth-order valence-electron chi connectivity index (χ4n) is 4.05. The zero-order valence-electron chi connectivity index (χ0n) is 22.4. The van der Waals surface area contributed by atoms with Crippen LogP contribution in [0.25, 0.3) is 11.5 Å². The third-order valence-electron chi connectivity index (χ3n) is 6.06. The highest BCUT2D eigenvalue weighted by Crippen LogP contribution is 2.40. The van der Waals surface area contributed by atoms with Crippen LogP contribution in [0, 0.1) is 6.92 Å². The first-order valence-corrected chi connectivity index (χ1v) is 13.7. The van der Waals surface area contributed by atoms with Crippen molar-refractivity contribution in [3.05, 3.63) is 27.5 Å². The van der Waals surface area contributed by atoms with E-state index in [4.69, 9.17) is 51.9 Å². The number of ether oxygens (including phenoxy) is 5. The van der Waals surface area contributed by atoms with Gasteiger partial charge in [0.25, 0.3) is 5.91 Å². The summed E-state index contributed by atoms with van der Waals surface area (Å²) in [6.07, 6.45) is -0.747. The summed E-state index contributed by atoms with van der Waals surface area (Å²) in [4.78, 5) is 43.4. The molecule has 0 bridgehead atoms. The van der Waals surface area contributed by atoms with Crippen LogP contribution in [0.5, 0.6) is 16.8 Å². The van der Waals surface area contributed by atoms with Gasteiger partial charge >= 0.3 is 6.16 Å². The molecule has 16 heteroatoms. The molecule has 4 heterocycles. The maximum Gasteiger partial charge on any atom is 0.514 e. The van der Waals surface area contributed by atoms with Gasteiger partial charge < -0.3 is 38.9 Å². The minimum absolute atomic E-state index is 0.136. The van der Waals surface area contributed by atoms with Crippen molar-refractivity contribution in [3.63, 3.8) is 0 Å². The molecular weight excluding hydrogens is 587 g/mol. The van der Waals surface area contributed by atoms with Gasteiger partial charge in [0.15, 0.2) is 16.6 Å². The number of thiazole rings is 1. The number of hydrogen-bond donors (Lipinski definition) is 2. The zero-order valence-corrected chi connectivity index (χ0v) is 24.7. The van der Waals surface area contributed by atoms with E-state index >= 15 is 0 Å². The standard InChI is InChI=1S/C24H28Cl2N6O7S/c1-6-38-24(34)39-22-19(20-29-14(36-4)9-15(30-20)37-5)31-23(40-22)32-8-7-12(13(10-32)35-3)28-21(33)18-17(26)16(25)11(2)27-18/h9,12-13,27H,6-8,10H2,1-5H3,(H,28,33)/t12-,13+/m1/s1. The van der Waals surface area contributed by atoms with E-state index in [-0.39, 0.29) is 57.6 Å². The molecule has 0 aliphatic carbocycles. The van der Waals surface area contributed by atoms with Crippen LogP contribution >= 0.6 is 34.5 Å². The first-order chi connectivity index (χ1) is 19.2. The van der Waals surface area contributed by atoms with E-state index in [1.54, 1.807) is 21.0 Å². The van der Waals surface area contributed by atoms with Gasteiger partial charge in [-0.2, -0.15) is 9.97 Å². The van der Waals surface area contributed by atoms with Crippen LogP contribution in [-0.2, 0) is 9.47 Å². The van der Waals surface area contributed by atoms with Gasteiger partial charge in [-0.25, -0.2) is 9.78 Å². The molecule has 0 radical (unpaired) electrons. The number of piperidine rings is 1. The fraction of sp³-hybridized carbons (Fsp3) is 0.458. The minimum Gasteiger partial charge on any atom is -0.481 e. The summed E-state index contributed by atoms with van der Waals surface area (Å²) in [7, 11) is 4.48. The predicted octanol–water partition coefficient (Wildman–Crippen LogP) is 4.12. The number of H-pyrrole nitrogens is 1. The zero-order chi connectivity index (χ0) is 29.0. The molecule has 1 aliphatic rings. The number of rotatable bonds is 9. The molecule has 0 aromatic carbocycles. The average Bonchev–Trinajstić information content (AvgIpc) is 3.49. The molecule has 2 atom stereocenters. The number of aryl methyl sites for hydroxylation is 1. The monoisotopic (exact) mass is 614 g/mol. The number of halogens is 2. The number of aromatic nitrogens is 4. The van der Waals surface area contributed by atoms with Crippen LogP contribution < -0.4 is 24.4 Å². The second-order valence-electron chi connectivity index (χ2n) is 8.54. The lowest BCUT2D eigenvalue weighted by molar-refractivity contribution is 0.0540. The molecule has 216 valence electrons. The Kier molecular flexibility index (Phi) is 9.56. The predicted molar refractivity (Wildman–Crippen MR) is 148 cm³/mol. The Bertz CT molecular complexity index is 1360. The Balaban J connectivity index is 1.58. The maximum absolute atomic E-state index is 12.9. The lowest BCUT2D eigenvalue weighted by atomic mass is 10.0. The summed E-state index contributed by atoms with van der Waals surface area (Å²) in [5, 5.41) is 4.13. The lowest BCUT2D eigenvalue weighted by Crippen LogP contribution is -2.55. The van der Waals surface area contributed by atoms with Gasteiger partial charge in [0.2, 0.25) is 16.8 Å². The Hall–Kier alpha value is -3.33. The third kappa shape index (κ3) is 6.35. The van der Waals surface area contributed by atoms with Gasteiger partial charge in [-0.3, -0.25) is 4.79 Å². The first kappa shape index (κ1) is 29.6. The van der Waals surface area contributed by atoms with Crippen LogP contribution in [0.1, 0.15) is 29.5 Å². The van der Waals surface area contributed by atoms with Crippen molar-refractivity contribution < 1.29 is 33.3 Å². The normalized spacial score (nSPS) is 16.9. The van der Waals surface area contributed by atoms with Gasteiger partial charge in [-0.05, 0) is 20.3 Å². The Morgan fingerprint density at radius 1 is 1.15 bits per heavy atom. The molecule has 13 nitrogen and oxygen atoms in total. The van der Waals surface area contributed by atoms with Crippen LogP contribution in [0.3, 0.4) is 0 Å². The topological polar surface area (TPSA) is 150 Å². The second kappa shape index (κ2) is 12.9. The van der Waals surface area contributed by atoms with Crippen LogP contribution in [0.15, 0.2) is 6.07 Å². The molecule has 3 aromatic rings. The molecule has 1 aliphatic heterocycles. The van der Waals surface area contributed by atoms with Crippen LogP contribution in [-0.4, -0.2) is 85.2 Å². The number of aromatic amines is 1. The summed E-state index contributed by atoms with van der Waals surface area (Å²) in [6.45, 7) is 4.43. The Labute approximate surface area is 244 Å². The molecule has 4 rings (SSSR count). The smallest absolute Gasteiger partial charge is 0.481 e. The highest BCUT2D eigenvalue weighted by atomic mass is 35.5. The number of amides is 1. The SMILES string of the molecule is CCOC(=O)Oc1sc(N2CC[C@@H](NC(=O)c3[nH]c(C)c(Cl)c3Cl)[C@@H](OC)C2)nc1-c1nc(OC)cc(OC)n1. The molecule has 3 aromatic heterocycles. The summed E-state index contributed by atoms with van der Waals surface area (Å²) < 4.78 is 26.6. The quantitative estimate of drug-likeness (QED) is 0.335. The lowest BCUT2D eigenvalue weighted by Gasteiger charge is -2.37. The molecule has 1 fully saturated rings. The van der Waals surface area contributed by atoms with Crippen molar-refractivity contribution in [1.82, 2.24) is 25.3 Å². The fourth-order valence-corrected chi connectivity index (χ4v) is 5.40. The molecule has 0 spiro atoms. The number of hydrogen-bond acceptors (Lipinski definition) is 12. The largest absolute Gasteiger partial charge is 0.514 e. The van der Waals surface area contributed by atoms with Gasteiger partial charge in [0.1, 0.15) is 5.69 Å². The molecule has 2 N–H and O–H groups in total. The minimum atomic E-state index is -0.886. The van der Waals surface area contributed by atoms with Gasteiger partial charge in [0, 0.05) is 25.9 Å². The van der Waals surface area contributed by atoms with Gasteiger partial charge in [-0.15, -0.1) is 0 Å². The van der Waals surface area contributed by atoms with E-state index in [9.17, 15) is 9.59 Å². The number of carbonyl (C=O) groups is 2. The van der Waals surface area contributed by atoms with Crippen molar-refractivity contribution in [3.8, 4) is 28.3 Å². The van der Waals surface area contributed by atoms with E-state index in [1.165, 1.54) is 20.3 Å². The molecule has 0 saturated carbocycles. The van der Waals surface area contributed by atoms with E-state index < -0.39 is 12.3 Å². The van der Waals surface area contributed by atoms with Crippen molar-refractivity contribution in [2.75, 3.05) is 45.9 Å². The highest BCUT2D eigenvalue weighted by Gasteiger charge is 2.34. The number of anilines is 1. The summed E-state index contributed by atoms with van der Waals surface area (Å²) in [5.41, 5.74) is 1.01. The molecule has 0 unspecified atom stereocenters. The molecule has 1 saturated heterocycles. The van der Waals surface area contributed by atoms with Crippen molar-refractivity contribution in [2.45, 2.75) is 32.4 Å². The van der Waals surface area contributed by atoms with Gasteiger partial charge in [-0.1, -0.05) is 34.5 Å². The van der Waals surface area contributed by atoms with E-state index in [0.29, 0.717) is 35.4 Å². The first-order valence-electron chi connectivity index (χ1n) is 12.1. The Morgan fingerprint density at radius 2 is 1.85 bits per heavy atom. The number of methoxy groups -OCH3 is 3. The summed E-state index contributed by atoms with van der Waals surface area (Å²) in [6, 6.07) is 1.20. The Morgan fingerprint density at radius 3 is 2.42 bits per heavy atom. The number of nitrogens with one attached hydrogen (secondary N) is 2. The van der Waals surface area contributed by atoms with Crippen LogP contribution in [0.2, 0.25) is 10.0 Å². The van der Waals surface area contributed by atoms with E-state index in [0.717, 1.165) is 11.3 Å². The van der Waals surface area contributed by atoms with Crippen molar-refractivity contribution >= 4 is 51.7 Å². The van der Waals surface area contributed by atoms with Gasteiger partial charge in [0.05, 0.1) is 49.1 Å². The number of nitrogens with zero attached hydrogens (tertiary/aromatic N) is 4. The summed E-state index contributed by atoms with van der Waals surface area (Å²) >= 11 is 13.5. The number of carbonyl (C=O) groups excluding carboxylic acids is 2. The third-order valence-corrected chi connectivity index (χ3v) is 8.00. The molecule has 40 heavy (non-hydrogen) atoms. The van der Waals surface area contributed by atoms with E-state index in [2.05, 4.69) is 20.3 Å². The maximum atomic E-state index is 12.9.